The van der Waals surface area contributed by atoms with Gasteiger partial charge in [0.05, 0.1) is 12.3 Å². The maximum absolute atomic E-state index is 5.67. The molecule has 100 valence electrons. The number of nitrogens with zero attached hydrogens (tertiary/aromatic N) is 2. The van der Waals surface area contributed by atoms with Gasteiger partial charge < -0.3 is 10.1 Å². The van der Waals surface area contributed by atoms with E-state index in [1.54, 1.807) is 0 Å². The average molecular weight is 257 g/mol. The SMILES string of the molecule is CCNc1ncc(C)c(-c2ccccc2OCC)n1. The summed E-state index contributed by atoms with van der Waals surface area (Å²) in [7, 11) is 0. The molecular formula is C15H19N3O. The van der Waals surface area contributed by atoms with Crippen LogP contribution in [0.15, 0.2) is 30.5 Å². The molecule has 0 unspecified atom stereocenters. The molecule has 0 bridgehead atoms. The molecule has 0 radical (unpaired) electrons. The lowest BCUT2D eigenvalue weighted by Crippen LogP contribution is -2.04. The van der Waals surface area contributed by atoms with Gasteiger partial charge in [-0.15, -0.1) is 0 Å². The fraction of sp³-hybridized carbons (Fsp3) is 0.333. The second-order valence-corrected chi connectivity index (χ2v) is 4.18. The Bertz CT molecular complexity index is 555. The van der Waals surface area contributed by atoms with Crippen LogP contribution in [-0.4, -0.2) is 23.1 Å². The molecule has 0 aliphatic rings. The number of nitrogens with one attached hydrogen (secondary N) is 1. The van der Waals surface area contributed by atoms with E-state index in [-0.39, 0.29) is 0 Å². The summed E-state index contributed by atoms with van der Waals surface area (Å²) in [5.41, 5.74) is 2.95. The van der Waals surface area contributed by atoms with Crippen molar-refractivity contribution in [1.82, 2.24) is 9.97 Å². The lowest BCUT2D eigenvalue weighted by molar-refractivity contribution is 0.341. The molecule has 0 amide bonds. The molecule has 0 saturated heterocycles. The zero-order valence-electron chi connectivity index (χ0n) is 11.6. The van der Waals surface area contributed by atoms with Crippen LogP contribution in [0.3, 0.4) is 0 Å². The molecule has 1 heterocycles. The largest absolute Gasteiger partial charge is 0.493 e. The molecule has 1 aromatic heterocycles. The number of para-hydroxylation sites is 1. The molecule has 1 aromatic carbocycles. The highest BCUT2D eigenvalue weighted by atomic mass is 16.5. The second kappa shape index (κ2) is 6.18. The van der Waals surface area contributed by atoms with Crippen LogP contribution in [0.1, 0.15) is 19.4 Å². The van der Waals surface area contributed by atoms with Gasteiger partial charge in [0.15, 0.2) is 0 Å². The van der Waals surface area contributed by atoms with Gasteiger partial charge in [-0.25, -0.2) is 9.97 Å². The van der Waals surface area contributed by atoms with Gasteiger partial charge >= 0.3 is 0 Å². The van der Waals surface area contributed by atoms with E-state index in [2.05, 4.69) is 15.3 Å². The minimum atomic E-state index is 0.640. The highest BCUT2D eigenvalue weighted by molar-refractivity contribution is 5.70. The first-order valence-electron chi connectivity index (χ1n) is 6.56. The summed E-state index contributed by atoms with van der Waals surface area (Å²) < 4.78 is 5.67. The van der Waals surface area contributed by atoms with Gasteiger partial charge in [-0.1, -0.05) is 12.1 Å². The lowest BCUT2D eigenvalue weighted by Gasteiger charge is -2.12. The van der Waals surface area contributed by atoms with E-state index < -0.39 is 0 Å². The number of anilines is 1. The molecule has 2 aromatic rings. The Labute approximate surface area is 113 Å². The normalized spacial score (nSPS) is 10.3. The third kappa shape index (κ3) is 3.02. The predicted molar refractivity (Wildman–Crippen MR) is 77.5 cm³/mol. The summed E-state index contributed by atoms with van der Waals surface area (Å²) in [5.74, 6) is 1.50. The van der Waals surface area contributed by atoms with Crippen molar-refractivity contribution in [3.63, 3.8) is 0 Å². The Morgan fingerprint density at radius 2 is 2.00 bits per heavy atom. The number of hydrogen-bond donors (Lipinski definition) is 1. The van der Waals surface area contributed by atoms with Gasteiger partial charge in [0.1, 0.15) is 5.75 Å². The van der Waals surface area contributed by atoms with Crippen molar-refractivity contribution in [2.24, 2.45) is 0 Å². The van der Waals surface area contributed by atoms with Crippen molar-refractivity contribution in [2.75, 3.05) is 18.5 Å². The van der Waals surface area contributed by atoms with Crippen molar-refractivity contribution < 1.29 is 4.74 Å². The van der Waals surface area contributed by atoms with E-state index in [0.29, 0.717) is 12.6 Å². The molecule has 1 N–H and O–H groups in total. The highest BCUT2D eigenvalue weighted by Gasteiger charge is 2.11. The first-order chi connectivity index (χ1) is 9.26. The van der Waals surface area contributed by atoms with Gasteiger partial charge in [0.2, 0.25) is 5.95 Å². The van der Waals surface area contributed by atoms with Crippen molar-refractivity contribution in [3.8, 4) is 17.0 Å². The number of aryl methyl sites for hydroxylation is 1. The molecule has 0 aliphatic carbocycles. The Kier molecular flexibility index (Phi) is 4.34. The van der Waals surface area contributed by atoms with E-state index in [1.807, 2.05) is 51.2 Å². The summed E-state index contributed by atoms with van der Waals surface area (Å²) >= 11 is 0. The first-order valence-corrected chi connectivity index (χ1v) is 6.56. The highest BCUT2D eigenvalue weighted by Crippen LogP contribution is 2.30. The van der Waals surface area contributed by atoms with Gasteiger partial charge in [0, 0.05) is 18.3 Å². The molecule has 0 aliphatic heterocycles. The van der Waals surface area contributed by atoms with Crippen molar-refractivity contribution in [3.05, 3.63) is 36.0 Å². The monoisotopic (exact) mass is 257 g/mol. The van der Waals surface area contributed by atoms with E-state index in [9.17, 15) is 0 Å². The number of ether oxygens (including phenoxy) is 1. The van der Waals surface area contributed by atoms with Crippen LogP contribution in [0.4, 0.5) is 5.95 Å². The third-order valence-electron chi connectivity index (χ3n) is 2.75. The zero-order chi connectivity index (χ0) is 13.7. The van der Waals surface area contributed by atoms with Gasteiger partial charge in [-0.3, -0.25) is 0 Å². The topological polar surface area (TPSA) is 47.0 Å². The van der Waals surface area contributed by atoms with Gasteiger partial charge in [-0.05, 0) is 38.5 Å². The maximum Gasteiger partial charge on any atom is 0.223 e. The van der Waals surface area contributed by atoms with Gasteiger partial charge in [0.25, 0.3) is 0 Å². The Hall–Kier alpha value is -2.10. The minimum absolute atomic E-state index is 0.640. The summed E-state index contributed by atoms with van der Waals surface area (Å²) in [5, 5.41) is 3.13. The number of aromatic nitrogens is 2. The van der Waals surface area contributed by atoms with Crippen molar-refractivity contribution in [1.29, 1.82) is 0 Å². The summed E-state index contributed by atoms with van der Waals surface area (Å²) in [6.45, 7) is 7.45. The molecule has 19 heavy (non-hydrogen) atoms. The molecule has 0 fully saturated rings. The fourth-order valence-corrected chi connectivity index (χ4v) is 1.90. The van der Waals surface area contributed by atoms with E-state index in [1.165, 1.54) is 0 Å². The molecule has 2 rings (SSSR count). The first kappa shape index (κ1) is 13.3. The van der Waals surface area contributed by atoms with Crippen LogP contribution in [-0.2, 0) is 0 Å². The van der Waals surface area contributed by atoms with E-state index >= 15 is 0 Å². The smallest absolute Gasteiger partial charge is 0.223 e. The number of hydrogen-bond acceptors (Lipinski definition) is 4. The standard InChI is InChI=1S/C15H19N3O/c1-4-16-15-17-10-11(3)14(18-15)12-8-6-7-9-13(12)19-5-2/h6-10H,4-5H2,1-3H3,(H,16,17,18). The van der Waals surface area contributed by atoms with Crippen LogP contribution < -0.4 is 10.1 Å². The van der Waals surface area contributed by atoms with Crippen LogP contribution >= 0.6 is 0 Å². The van der Waals surface area contributed by atoms with Crippen molar-refractivity contribution in [2.45, 2.75) is 20.8 Å². The van der Waals surface area contributed by atoms with Crippen LogP contribution in [0.25, 0.3) is 11.3 Å². The third-order valence-corrected chi connectivity index (χ3v) is 2.75. The Morgan fingerprint density at radius 1 is 1.21 bits per heavy atom. The number of benzene rings is 1. The molecule has 4 heteroatoms. The summed E-state index contributed by atoms with van der Waals surface area (Å²) in [6, 6.07) is 7.95. The van der Waals surface area contributed by atoms with Crippen LogP contribution in [0.5, 0.6) is 5.75 Å². The average Bonchev–Trinajstić information content (AvgIpc) is 2.42. The van der Waals surface area contributed by atoms with Crippen LogP contribution in [0.2, 0.25) is 0 Å². The minimum Gasteiger partial charge on any atom is -0.493 e. The van der Waals surface area contributed by atoms with Gasteiger partial charge in [-0.2, -0.15) is 0 Å². The fourth-order valence-electron chi connectivity index (χ4n) is 1.90. The summed E-state index contributed by atoms with van der Waals surface area (Å²) in [6.07, 6.45) is 1.84. The maximum atomic E-state index is 5.67. The van der Waals surface area contributed by atoms with E-state index in [4.69, 9.17) is 4.74 Å². The van der Waals surface area contributed by atoms with E-state index in [0.717, 1.165) is 29.1 Å². The Morgan fingerprint density at radius 3 is 2.74 bits per heavy atom. The lowest BCUT2D eigenvalue weighted by atomic mass is 10.1. The molecule has 4 nitrogen and oxygen atoms in total. The molecular weight excluding hydrogens is 238 g/mol. The Balaban J connectivity index is 2.48. The summed E-state index contributed by atoms with van der Waals surface area (Å²) in [4.78, 5) is 8.84. The zero-order valence-corrected chi connectivity index (χ0v) is 11.6. The second-order valence-electron chi connectivity index (χ2n) is 4.18. The molecule has 0 saturated carbocycles. The van der Waals surface area contributed by atoms with Crippen LogP contribution in [0, 0.1) is 6.92 Å². The molecule has 0 atom stereocenters. The molecule has 0 spiro atoms. The quantitative estimate of drug-likeness (QED) is 0.893. The predicted octanol–water partition coefficient (Wildman–Crippen LogP) is 3.28. The van der Waals surface area contributed by atoms with Crippen molar-refractivity contribution >= 4 is 5.95 Å². The number of rotatable bonds is 5.